The number of hydrogen-bond acceptors (Lipinski definition) is 2. The molecule has 0 N–H and O–H groups in total. The van der Waals surface area contributed by atoms with E-state index in [1.165, 1.54) is 6.07 Å². The second-order valence-electron chi connectivity index (χ2n) is 6.99. The Morgan fingerprint density at radius 3 is 2.48 bits per heavy atom. The average molecular weight is 368 g/mol. The molecule has 0 radical (unpaired) electrons. The fraction of sp³-hybridized carbons (Fsp3) is 0.364. The van der Waals surface area contributed by atoms with Crippen LogP contribution in [0.1, 0.15) is 34.3 Å². The zero-order valence-corrected chi connectivity index (χ0v) is 15.7. The molecule has 1 fully saturated rings. The number of halogens is 1. The third kappa shape index (κ3) is 4.94. The summed E-state index contributed by atoms with van der Waals surface area (Å²) in [4.78, 5) is 28.9. The molecule has 3 rings (SSSR count). The normalized spacial score (nSPS) is 14.7. The summed E-state index contributed by atoms with van der Waals surface area (Å²) >= 11 is 0. The van der Waals surface area contributed by atoms with Gasteiger partial charge in [-0.1, -0.05) is 35.9 Å². The molecule has 0 unspecified atom stereocenters. The van der Waals surface area contributed by atoms with Crippen molar-refractivity contribution in [3.8, 4) is 0 Å². The van der Waals surface area contributed by atoms with E-state index in [2.05, 4.69) is 0 Å². The van der Waals surface area contributed by atoms with Gasteiger partial charge in [0.15, 0.2) is 0 Å². The van der Waals surface area contributed by atoms with E-state index in [0.29, 0.717) is 43.7 Å². The monoisotopic (exact) mass is 368 g/mol. The number of aryl methyl sites for hydroxylation is 2. The minimum absolute atomic E-state index is 0.0133. The summed E-state index contributed by atoms with van der Waals surface area (Å²) in [5.74, 6) is -0.237. The van der Waals surface area contributed by atoms with E-state index in [-0.39, 0.29) is 24.1 Å². The van der Waals surface area contributed by atoms with E-state index in [9.17, 15) is 14.0 Å². The summed E-state index contributed by atoms with van der Waals surface area (Å²) < 4.78 is 13.7. The van der Waals surface area contributed by atoms with Crippen LogP contribution in [-0.2, 0) is 11.2 Å². The van der Waals surface area contributed by atoms with E-state index in [1.54, 1.807) is 23.1 Å². The molecule has 0 aliphatic carbocycles. The number of amides is 2. The van der Waals surface area contributed by atoms with Crippen molar-refractivity contribution in [1.82, 2.24) is 9.80 Å². The van der Waals surface area contributed by atoms with Gasteiger partial charge in [-0.15, -0.1) is 0 Å². The Morgan fingerprint density at radius 2 is 1.70 bits per heavy atom. The highest BCUT2D eigenvalue weighted by molar-refractivity contribution is 5.94. The fourth-order valence-corrected chi connectivity index (χ4v) is 3.43. The maximum Gasteiger partial charge on any atom is 0.253 e. The van der Waals surface area contributed by atoms with Crippen LogP contribution in [0.4, 0.5) is 4.39 Å². The van der Waals surface area contributed by atoms with Crippen LogP contribution < -0.4 is 0 Å². The van der Waals surface area contributed by atoms with Crippen molar-refractivity contribution in [2.75, 3.05) is 26.2 Å². The zero-order chi connectivity index (χ0) is 19.2. The van der Waals surface area contributed by atoms with Gasteiger partial charge in [-0.2, -0.15) is 0 Å². The lowest BCUT2D eigenvalue weighted by atomic mass is 10.1. The predicted molar refractivity (Wildman–Crippen MR) is 103 cm³/mol. The maximum atomic E-state index is 13.7. The molecule has 1 heterocycles. The summed E-state index contributed by atoms with van der Waals surface area (Å²) in [7, 11) is 0. The van der Waals surface area contributed by atoms with Gasteiger partial charge in [-0.3, -0.25) is 9.59 Å². The van der Waals surface area contributed by atoms with Gasteiger partial charge in [0.1, 0.15) is 5.82 Å². The molecular weight excluding hydrogens is 343 g/mol. The van der Waals surface area contributed by atoms with Crippen molar-refractivity contribution in [2.24, 2.45) is 0 Å². The number of hydrogen-bond donors (Lipinski definition) is 0. The van der Waals surface area contributed by atoms with Crippen molar-refractivity contribution in [1.29, 1.82) is 0 Å². The minimum Gasteiger partial charge on any atom is -0.341 e. The van der Waals surface area contributed by atoms with Crippen molar-refractivity contribution in [2.45, 2.75) is 26.2 Å². The van der Waals surface area contributed by atoms with E-state index in [1.807, 2.05) is 36.1 Å². The molecule has 142 valence electrons. The number of benzene rings is 2. The molecular formula is C22H25FN2O2. The first kappa shape index (κ1) is 19.1. The molecule has 5 heteroatoms. The molecule has 0 aromatic heterocycles. The Bertz CT molecular complexity index is 821. The van der Waals surface area contributed by atoms with Gasteiger partial charge in [0.25, 0.3) is 5.91 Å². The largest absolute Gasteiger partial charge is 0.341 e. The second-order valence-corrected chi connectivity index (χ2v) is 6.99. The Labute approximate surface area is 159 Å². The predicted octanol–water partition coefficient (Wildman–Crippen LogP) is 3.44. The van der Waals surface area contributed by atoms with Gasteiger partial charge in [0.2, 0.25) is 5.91 Å². The van der Waals surface area contributed by atoms with Gasteiger partial charge in [0.05, 0.1) is 0 Å². The topological polar surface area (TPSA) is 40.6 Å². The summed E-state index contributed by atoms with van der Waals surface area (Å²) in [5, 5.41) is 0. The van der Waals surface area contributed by atoms with Crippen molar-refractivity contribution in [3.05, 3.63) is 71.0 Å². The van der Waals surface area contributed by atoms with E-state index in [0.717, 1.165) is 12.0 Å². The molecule has 0 saturated carbocycles. The summed E-state index contributed by atoms with van der Waals surface area (Å²) in [6.45, 7) is 4.29. The standard InChI is InChI=1S/C22H25FN2O2/c1-17-6-4-8-19(16-17)22(27)25-13-5-12-24(14-15-25)21(26)11-10-18-7-2-3-9-20(18)23/h2-4,6-9,16H,5,10-15H2,1H3. The van der Waals surface area contributed by atoms with Crippen molar-refractivity contribution in [3.63, 3.8) is 0 Å². The lowest BCUT2D eigenvalue weighted by Crippen LogP contribution is -2.37. The molecule has 27 heavy (non-hydrogen) atoms. The molecule has 2 amide bonds. The Morgan fingerprint density at radius 1 is 0.963 bits per heavy atom. The molecule has 0 bridgehead atoms. The van der Waals surface area contributed by atoms with Gasteiger partial charge in [-0.25, -0.2) is 4.39 Å². The van der Waals surface area contributed by atoms with Crippen LogP contribution in [0.5, 0.6) is 0 Å². The molecule has 1 saturated heterocycles. The highest BCUT2D eigenvalue weighted by Crippen LogP contribution is 2.13. The minimum atomic E-state index is -0.268. The average Bonchev–Trinajstić information content (AvgIpc) is 2.93. The summed E-state index contributed by atoms with van der Waals surface area (Å²) in [5.41, 5.74) is 2.31. The number of nitrogens with zero attached hydrogens (tertiary/aromatic N) is 2. The SMILES string of the molecule is Cc1cccc(C(=O)N2CCCN(C(=O)CCc3ccccc3F)CC2)c1. The van der Waals surface area contributed by atoms with Gasteiger partial charge < -0.3 is 9.80 Å². The number of carbonyl (C=O) groups is 2. The molecule has 0 atom stereocenters. The van der Waals surface area contributed by atoms with Crippen molar-refractivity contribution >= 4 is 11.8 Å². The Hall–Kier alpha value is -2.69. The molecule has 0 spiro atoms. The van der Waals surface area contributed by atoms with E-state index >= 15 is 0 Å². The molecule has 2 aromatic carbocycles. The van der Waals surface area contributed by atoms with Crippen molar-refractivity contribution < 1.29 is 14.0 Å². The van der Waals surface area contributed by atoms with Crippen LogP contribution in [0.25, 0.3) is 0 Å². The van der Waals surface area contributed by atoms with Crippen LogP contribution in [0.15, 0.2) is 48.5 Å². The van der Waals surface area contributed by atoms with Gasteiger partial charge in [-0.05, 0) is 43.5 Å². The van der Waals surface area contributed by atoms with Crippen LogP contribution >= 0.6 is 0 Å². The van der Waals surface area contributed by atoms with Gasteiger partial charge >= 0.3 is 0 Å². The highest BCUT2D eigenvalue weighted by atomic mass is 19.1. The quantitative estimate of drug-likeness (QED) is 0.829. The molecule has 2 aromatic rings. The van der Waals surface area contributed by atoms with Crippen LogP contribution in [0.3, 0.4) is 0 Å². The van der Waals surface area contributed by atoms with E-state index in [4.69, 9.17) is 0 Å². The summed E-state index contributed by atoms with van der Waals surface area (Å²) in [6, 6.07) is 14.1. The van der Waals surface area contributed by atoms with Gasteiger partial charge in [0, 0.05) is 38.2 Å². The molecule has 1 aliphatic heterocycles. The second kappa shape index (κ2) is 8.80. The molecule has 1 aliphatic rings. The first-order valence-electron chi connectivity index (χ1n) is 9.42. The lowest BCUT2D eigenvalue weighted by Gasteiger charge is -2.22. The third-order valence-electron chi connectivity index (χ3n) is 4.97. The first-order chi connectivity index (χ1) is 13.0. The maximum absolute atomic E-state index is 13.7. The first-order valence-corrected chi connectivity index (χ1v) is 9.42. The smallest absolute Gasteiger partial charge is 0.253 e. The zero-order valence-electron chi connectivity index (χ0n) is 15.7. The third-order valence-corrected chi connectivity index (χ3v) is 4.97. The lowest BCUT2D eigenvalue weighted by molar-refractivity contribution is -0.131. The summed E-state index contributed by atoms with van der Waals surface area (Å²) in [6.07, 6.45) is 1.43. The highest BCUT2D eigenvalue weighted by Gasteiger charge is 2.22. The van der Waals surface area contributed by atoms with Crippen LogP contribution in [0, 0.1) is 12.7 Å². The molecule has 4 nitrogen and oxygen atoms in total. The Balaban J connectivity index is 1.55. The van der Waals surface area contributed by atoms with Crippen LogP contribution in [-0.4, -0.2) is 47.8 Å². The van der Waals surface area contributed by atoms with E-state index < -0.39 is 0 Å². The number of carbonyl (C=O) groups excluding carboxylic acids is 2. The Kier molecular flexibility index (Phi) is 6.22. The number of rotatable bonds is 4. The fourth-order valence-electron chi connectivity index (χ4n) is 3.43. The van der Waals surface area contributed by atoms with Crippen LogP contribution in [0.2, 0.25) is 0 Å².